The Kier molecular flexibility index (Phi) is 3.27. The van der Waals surface area contributed by atoms with E-state index in [1.54, 1.807) is 11.3 Å². The van der Waals surface area contributed by atoms with Crippen molar-refractivity contribution in [3.05, 3.63) is 3.92 Å². The second-order valence-corrected chi connectivity index (χ2v) is 6.34. The molecule has 1 aromatic heterocycles. The van der Waals surface area contributed by atoms with Crippen LogP contribution >= 0.6 is 27.3 Å². The number of aromatic nitrogens is 2. The zero-order valence-corrected chi connectivity index (χ0v) is 11.5. The third-order valence-electron chi connectivity index (χ3n) is 3.02. The average Bonchev–Trinajstić information content (AvgIpc) is 2.60. The highest BCUT2D eigenvalue weighted by Crippen LogP contribution is 2.27. The van der Waals surface area contributed by atoms with Gasteiger partial charge in [-0.15, -0.1) is 10.2 Å². The van der Waals surface area contributed by atoms with Gasteiger partial charge in [-0.3, -0.25) is 4.90 Å². The third-order valence-corrected chi connectivity index (χ3v) is 4.44. The molecule has 0 aromatic carbocycles. The van der Waals surface area contributed by atoms with Gasteiger partial charge in [0.05, 0.1) is 0 Å². The second kappa shape index (κ2) is 4.35. The van der Waals surface area contributed by atoms with E-state index in [4.69, 9.17) is 0 Å². The number of piperazine rings is 1. The van der Waals surface area contributed by atoms with Crippen molar-refractivity contribution in [3.8, 4) is 0 Å². The highest BCUT2D eigenvalue weighted by atomic mass is 79.9. The molecule has 0 spiro atoms. The fourth-order valence-corrected chi connectivity index (χ4v) is 2.99. The number of hydrogen-bond acceptors (Lipinski definition) is 5. The van der Waals surface area contributed by atoms with Crippen LogP contribution in [0.5, 0.6) is 0 Å². The normalized spacial score (nSPS) is 28.4. The van der Waals surface area contributed by atoms with E-state index < -0.39 is 0 Å². The minimum atomic E-state index is 0.566. The number of anilines is 1. The van der Waals surface area contributed by atoms with Gasteiger partial charge in [0.2, 0.25) is 5.13 Å². The Morgan fingerprint density at radius 3 is 2.33 bits per heavy atom. The van der Waals surface area contributed by atoms with Crippen LogP contribution in [0.3, 0.4) is 0 Å². The van der Waals surface area contributed by atoms with Crippen LogP contribution in [0.4, 0.5) is 5.13 Å². The molecule has 84 valence electrons. The molecule has 0 N–H and O–H groups in total. The van der Waals surface area contributed by atoms with E-state index in [-0.39, 0.29) is 0 Å². The van der Waals surface area contributed by atoms with E-state index in [1.807, 2.05) is 0 Å². The molecular weight excluding hydrogens is 276 g/mol. The van der Waals surface area contributed by atoms with E-state index in [1.165, 1.54) is 0 Å². The Labute approximate surface area is 102 Å². The lowest BCUT2D eigenvalue weighted by atomic mass is 10.1. The van der Waals surface area contributed by atoms with Crippen LogP contribution in [-0.2, 0) is 0 Å². The van der Waals surface area contributed by atoms with Crippen molar-refractivity contribution in [1.82, 2.24) is 15.1 Å². The average molecular weight is 291 g/mol. The van der Waals surface area contributed by atoms with Crippen molar-refractivity contribution in [2.24, 2.45) is 0 Å². The molecule has 1 aliphatic rings. The smallest absolute Gasteiger partial charge is 0.209 e. The topological polar surface area (TPSA) is 32.3 Å². The predicted octanol–water partition coefficient (Wildman–Crippen LogP) is 1.83. The number of rotatable bonds is 1. The van der Waals surface area contributed by atoms with E-state index in [2.05, 4.69) is 56.8 Å². The summed E-state index contributed by atoms with van der Waals surface area (Å²) in [6.45, 7) is 6.56. The molecule has 2 heterocycles. The minimum absolute atomic E-state index is 0.566. The summed E-state index contributed by atoms with van der Waals surface area (Å²) in [5, 5.41) is 9.18. The molecule has 2 unspecified atom stereocenters. The molecule has 4 nitrogen and oxygen atoms in total. The van der Waals surface area contributed by atoms with Gasteiger partial charge in [-0.2, -0.15) is 0 Å². The molecule has 1 aromatic rings. The van der Waals surface area contributed by atoms with Gasteiger partial charge in [0.1, 0.15) is 0 Å². The highest BCUT2D eigenvalue weighted by molar-refractivity contribution is 9.11. The van der Waals surface area contributed by atoms with Crippen molar-refractivity contribution in [1.29, 1.82) is 0 Å². The Hall–Kier alpha value is -0.200. The first-order valence-corrected chi connectivity index (χ1v) is 6.64. The highest BCUT2D eigenvalue weighted by Gasteiger charge is 2.28. The summed E-state index contributed by atoms with van der Waals surface area (Å²) in [7, 11) is 2.18. The molecule has 2 atom stereocenters. The number of halogens is 1. The van der Waals surface area contributed by atoms with Crippen molar-refractivity contribution < 1.29 is 0 Å². The molecule has 1 fully saturated rings. The summed E-state index contributed by atoms with van der Waals surface area (Å²) >= 11 is 4.95. The zero-order valence-electron chi connectivity index (χ0n) is 9.14. The van der Waals surface area contributed by atoms with Crippen LogP contribution in [0.15, 0.2) is 3.92 Å². The lowest BCUT2D eigenvalue weighted by molar-refractivity contribution is 0.170. The largest absolute Gasteiger partial charge is 0.344 e. The van der Waals surface area contributed by atoms with Crippen molar-refractivity contribution in [3.63, 3.8) is 0 Å². The predicted molar refractivity (Wildman–Crippen MR) is 66.5 cm³/mol. The zero-order chi connectivity index (χ0) is 11.0. The molecule has 15 heavy (non-hydrogen) atoms. The van der Waals surface area contributed by atoms with Crippen LogP contribution in [0, 0.1) is 0 Å². The number of nitrogens with zero attached hydrogens (tertiary/aromatic N) is 4. The first kappa shape index (κ1) is 11.3. The van der Waals surface area contributed by atoms with Crippen LogP contribution in [0.1, 0.15) is 13.8 Å². The molecular formula is C9H15BrN4S. The van der Waals surface area contributed by atoms with Crippen LogP contribution in [0.2, 0.25) is 0 Å². The summed E-state index contributed by atoms with van der Waals surface area (Å²) in [6, 6.07) is 1.13. The molecule has 0 amide bonds. The third kappa shape index (κ3) is 2.32. The minimum Gasteiger partial charge on any atom is -0.344 e. The van der Waals surface area contributed by atoms with Gasteiger partial charge in [0, 0.05) is 25.2 Å². The van der Waals surface area contributed by atoms with E-state index in [9.17, 15) is 0 Å². The van der Waals surface area contributed by atoms with Crippen molar-refractivity contribution >= 4 is 32.4 Å². The lowest BCUT2D eigenvalue weighted by Crippen LogP contribution is -2.55. The molecule has 1 saturated heterocycles. The summed E-state index contributed by atoms with van der Waals surface area (Å²) in [6.07, 6.45) is 0. The molecule has 0 saturated carbocycles. The van der Waals surface area contributed by atoms with Gasteiger partial charge in [-0.05, 0) is 36.8 Å². The second-order valence-electron chi connectivity index (χ2n) is 4.11. The van der Waals surface area contributed by atoms with Crippen LogP contribution in [-0.4, -0.2) is 47.3 Å². The number of likely N-dealkylation sites (N-methyl/N-ethyl adjacent to an activating group) is 1. The van der Waals surface area contributed by atoms with Gasteiger partial charge in [-0.1, -0.05) is 11.3 Å². The maximum absolute atomic E-state index is 4.16. The van der Waals surface area contributed by atoms with Gasteiger partial charge in [-0.25, -0.2) is 0 Å². The summed E-state index contributed by atoms with van der Waals surface area (Å²) in [4.78, 5) is 4.73. The Bertz CT molecular complexity index is 331. The SMILES string of the molecule is CC1CN(c2nnc(Br)s2)CC(C)N1C. The maximum atomic E-state index is 4.16. The number of hydrogen-bond donors (Lipinski definition) is 0. The lowest BCUT2D eigenvalue weighted by Gasteiger charge is -2.42. The first-order chi connectivity index (χ1) is 7.08. The first-order valence-electron chi connectivity index (χ1n) is 5.04. The molecule has 2 rings (SSSR count). The van der Waals surface area contributed by atoms with Gasteiger partial charge in [0.15, 0.2) is 3.92 Å². The molecule has 6 heteroatoms. The van der Waals surface area contributed by atoms with E-state index >= 15 is 0 Å². The quantitative estimate of drug-likeness (QED) is 0.790. The Morgan fingerprint density at radius 1 is 1.27 bits per heavy atom. The summed E-state index contributed by atoms with van der Waals surface area (Å²) in [5.74, 6) is 0. The fraction of sp³-hybridized carbons (Fsp3) is 0.778. The van der Waals surface area contributed by atoms with Crippen LogP contribution in [0.25, 0.3) is 0 Å². The molecule has 0 aliphatic carbocycles. The molecule has 1 aliphatic heterocycles. The summed E-state index contributed by atoms with van der Waals surface area (Å²) in [5.41, 5.74) is 0. The molecule has 0 radical (unpaired) electrons. The van der Waals surface area contributed by atoms with Gasteiger partial charge >= 0.3 is 0 Å². The monoisotopic (exact) mass is 290 g/mol. The standard InChI is InChI=1S/C9H15BrN4S/c1-6-4-14(5-7(2)13(6)3)9-12-11-8(10)15-9/h6-7H,4-5H2,1-3H3. The summed E-state index contributed by atoms with van der Waals surface area (Å²) < 4.78 is 0.858. The van der Waals surface area contributed by atoms with Gasteiger partial charge in [0.25, 0.3) is 0 Å². The van der Waals surface area contributed by atoms with E-state index in [0.29, 0.717) is 12.1 Å². The Morgan fingerprint density at radius 2 is 1.87 bits per heavy atom. The fourth-order valence-electron chi connectivity index (χ4n) is 1.89. The maximum Gasteiger partial charge on any atom is 0.209 e. The molecule has 0 bridgehead atoms. The van der Waals surface area contributed by atoms with Crippen molar-refractivity contribution in [2.45, 2.75) is 25.9 Å². The van der Waals surface area contributed by atoms with Crippen molar-refractivity contribution in [2.75, 3.05) is 25.0 Å². The van der Waals surface area contributed by atoms with E-state index in [0.717, 1.165) is 22.1 Å². The van der Waals surface area contributed by atoms with Gasteiger partial charge < -0.3 is 4.90 Å². The van der Waals surface area contributed by atoms with Crippen LogP contribution < -0.4 is 4.90 Å². The Balaban J connectivity index is 2.12.